The van der Waals surface area contributed by atoms with E-state index in [1.165, 1.54) is 0 Å². The van der Waals surface area contributed by atoms with Crippen LogP contribution in [0.25, 0.3) is 0 Å². The summed E-state index contributed by atoms with van der Waals surface area (Å²) in [6, 6.07) is 5.27. The molecule has 2 aromatic heterocycles. The van der Waals surface area contributed by atoms with Crippen molar-refractivity contribution in [3.63, 3.8) is 0 Å². The minimum atomic E-state index is -0.717. The van der Waals surface area contributed by atoms with E-state index in [9.17, 15) is 5.11 Å². The van der Waals surface area contributed by atoms with Crippen LogP contribution < -0.4 is 4.74 Å². The van der Waals surface area contributed by atoms with Crippen molar-refractivity contribution in [1.29, 1.82) is 0 Å². The highest BCUT2D eigenvalue weighted by Gasteiger charge is 2.14. The summed E-state index contributed by atoms with van der Waals surface area (Å²) < 4.78 is 6.59. The number of aryl methyl sites for hydroxylation is 1. The summed E-state index contributed by atoms with van der Waals surface area (Å²) in [5.74, 6) is 0.529. The number of hydrogen-bond donors (Lipinski definition) is 1. The van der Waals surface area contributed by atoms with Crippen molar-refractivity contribution >= 4 is 0 Å². The fourth-order valence-electron chi connectivity index (χ4n) is 1.50. The summed E-state index contributed by atoms with van der Waals surface area (Å²) in [5.41, 5.74) is 1.44. The van der Waals surface area contributed by atoms with Gasteiger partial charge in [0.25, 0.3) is 0 Å². The van der Waals surface area contributed by atoms with Crippen LogP contribution in [0.2, 0.25) is 0 Å². The van der Waals surface area contributed by atoms with E-state index in [4.69, 9.17) is 4.74 Å². The van der Waals surface area contributed by atoms with Crippen LogP contribution in [0.4, 0.5) is 0 Å². The fraction of sp³-hybridized carbons (Fsp3) is 0.273. The molecule has 0 spiro atoms. The molecule has 5 nitrogen and oxygen atoms in total. The molecule has 0 bridgehead atoms. The lowest BCUT2D eigenvalue weighted by molar-refractivity contribution is 0.209. The van der Waals surface area contributed by atoms with Gasteiger partial charge in [0.05, 0.1) is 12.8 Å². The third-order valence-corrected chi connectivity index (χ3v) is 2.42. The van der Waals surface area contributed by atoms with E-state index in [0.717, 1.165) is 5.69 Å². The van der Waals surface area contributed by atoms with Crippen LogP contribution in [0, 0.1) is 0 Å². The number of aliphatic hydroxyl groups excluding tert-OH is 1. The number of aromatic nitrogens is 3. The molecule has 0 aliphatic carbocycles. The largest absolute Gasteiger partial charge is 0.481 e. The van der Waals surface area contributed by atoms with E-state index in [2.05, 4.69) is 10.1 Å². The second-order valence-corrected chi connectivity index (χ2v) is 3.42. The number of nitrogens with zero attached hydrogens (tertiary/aromatic N) is 3. The number of rotatable bonds is 3. The van der Waals surface area contributed by atoms with Crippen LogP contribution in [0.3, 0.4) is 0 Å². The van der Waals surface area contributed by atoms with Crippen molar-refractivity contribution in [2.24, 2.45) is 7.05 Å². The Morgan fingerprint density at radius 1 is 1.38 bits per heavy atom. The summed E-state index contributed by atoms with van der Waals surface area (Å²) in [5, 5.41) is 14.1. The Kier molecular flexibility index (Phi) is 2.87. The molecule has 84 valence electrons. The number of pyridine rings is 1. The second-order valence-electron chi connectivity index (χ2n) is 3.42. The number of methoxy groups -OCH3 is 1. The van der Waals surface area contributed by atoms with E-state index in [0.29, 0.717) is 11.4 Å². The standard InChI is InChI=1S/C11H13N3O2/c1-14-9(5-6-13-14)11(15)8-3-4-10(16-2)12-7-8/h3-7,11,15H,1-2H3. The molecule has 0 amide bonds. The van der Waals surface area contributed by atoms with Crippen molar-refractivity contribution in [1.82, 2.24) is 14.8 Å². The second kappa shape index (κ2) is 4.32. The van der Waals surface area contributed by atoms with E-state index in [-0.39, 0.29) is 0 Å². The quantitative estimate of drug-likeness (QED) is 0.833. The molecule has 2 heterocycles. The number of hydrogen-bond acceptors (Lipinski definition) is 4. The molecule has 0 saturated heterocycles. The molecular weight excluding hydrogens is 206 g/mol. The highest BCUT2D eigenvalue weighted by atomic mass is 16.5. The Labute approximate surface area is 93.3 Å². The first-order valence-electron chi connectivity index (χ1n) is 4.88. The molecule has 0 radical (unpaired) electrons. The van der Waals surface area contributed by atoms with E-state index in [1.807, 2.05) is 0 Å². The number of ether oxygens (including phenoxy) is 1. The third-order valence-electron chi connectivity index (χ3n) is 2.42. The lowest BCUT2D eigenvalue weighted by atomic mass is 10.1. The zero-order chi connectivity index (χ0) is 11.5. The van der Waals surface area contributed by atoms with E-state index in [1.54, 1.807) is 49.4 Å². The molecule has 16 heavy (non-hydrogen) atoms. The van der Waals surface area contributed by atoms with Gasteiger partial charge in [-0.3, -0.25) is 4.68 Å². The van der Waals surface area contributed by atoms with Gasteiger partial charge in [-0.1, -0.05) is 0 Å². The Morgan fingerprint density at radius 3 is 2.69 bits per heavy atom. The Balaban J connectivity index is 2.27. The lowest BCUT2D eigenvalue weighted by Gasteiger charge is -2.11. The maximum atomic E-state index is 10.1. The van der Waals surface area contributed by atoms with Gasteiger partial charge in [-0.2, -0.15) is 5.10 Å². The molecule has 1 N–H and O–H groups in total. The zero-order valence-electron chi connectivity index (χ0n) is 9.16. The monoisotopic (exact) mass is 219 g/mol. The molecule has 2 rings (SSSR count). The van der Waals surface area contributed by atoms with Gasteiger partial charge < -0.3 is 9.84 Å². The maximum absolute atomic E-state index is 10.1. The molecule has 2 aromatic rings. The molecule has 0 aliphatic rings. The first kappa shape index (κ1) is 10.6. The van der Waals surface area contributed by atoms with Gasteiger partial charge in [-0.15, -0.1) is 0 Å². The van der Waals surface area contributed by atoms with Crippen LogP contribution in [0.5, 0.6) is 5.88 Å². The van der Waals surface area contributed by atoms with Gasteiger partial charge in [-0.25, -0.2) is 4.98 Å². The summed E-state index contributed by atoms with van der Waals surface area (Å²) in [6.45, 7) is 0. The van der Waals surface area contributed by atoms with Crippen LogP contribution >= 0.6 is 0 Å². The highest BCUT2D eigenvalue weighted by molar-refractivity contribution is 5.25. The first-order valence-corrected chi connectivity index (χ1v) is 4.88. The summed E-state index contributed by atoms with van der Waals surface area (Å²) in [7, 11) is 3.34. The van der Waals surface area contributed by atoms with E-state index < -0.39 is 6.10 Å². The zero-order valence-corrected chi connectivity index (χ0v) is 9.16. The van der Waals surface area contributed by atoms with Crippen molar-refractivity contribution < 1.29 is 9.84 Å². The van der Waals surface area contributed by atoms with Gasteiger partial charge in [-0.05, 0) is 12.1 Å². The van der Waals surface area contributed by atoms with Crippen LogP contribution in [-0.4, -0.2) is 27.0 Å². The van der Waals surface area contributed by atoms with Crippen molar-refractivity contribution in [2.45, 2.75) is 6.10 Å². The van der Waals surface area contributed by atoms with Crippen LogP contribution in [-0.2, 0) is 7.05 Å². The van der Waals surface area contributed by atoms with Crippen molar-refractivity contribution in [3.8, 4) is 5.88 Å². The average Bonchev–Trinajstić information content (AvgIpc) is 2.75. The molecule has 1 unspecified atom stereocenters. The van der Waals surface area contributed by atoms with E-state index >= 15 is 0 Å². The first-order chi connectivity index (χ1) is 7.72. The predicted molar refractivity (Wildman–Crippen MR) is 58.1 cm³/mol. The molecule has 0 aromatic carbocycles. The maximum Gasteiger partial charge on any atom is 0.212 e. The van der Waals surface area contributed by atoms with Crippen LogP contribution in [0.15, 0.2) is 30.6 Å². The molecule has 5 heteroatoms. The smallest absolute Gasteiger partial charge is 0.212 e. The van der Waals surface area contributed by atoms with Gasteiger partial charge in [0.1, 0.15) is 6.10 Å². The molecule has 0 aliphatic heterocycles. The minimum absolute atomic E-state index is 0.529. The highest BCUT2D eigenvalue weighted by Crippen LogP contribution is 2.21. The third kappa shape index (κ3) is 1.90. The number of aliphatic hydroxyl groups is 1. The lowest BCUT2D eigenvalue weighted by Crippen LogP contribution is -2.06. The van der Waals surface area contributed by atoms with Crippen molar-refractivity contribution in [3.05, 3.63) is 41.9 Å². The minimum Gasteiger partial charge on any atom is -0.481 e. The van der Waals surface area contributed by atoms with Crippen LogP contribution in [0.1, 0.15) is 17.4 Å². The molecule has 0 saturated carbocycles. The fourth-order valence-corrected chi connectivity index (χ4v) is 1.50. The predicted octanol–water partition coefficient (Wildman–Crippen LogP) is 0.905. The van der Waals surface area contributed by atoms with Gasteiger partial charge >= 0.3 is 0 Å². The summed E-state index contributed by atoms with van der Waals surface area (Å²) >= 11 is 0. The Hall–Kier alpha value is -1.88. The summed E-state index contributed by atoms with van der Waals surface area (Å²) in [6.07, 6.45) is 2.53. The average molecular weight is 219 g/mol. The Bertz CT molecular complexity index is 464. The van der Waals surface area contributed by atoms with Gasteiger partial charge in [0, 0.05) is 31.1 Å². The SMILES string of the molecule is COc1ccc(C(O)c2ccnn2C)cn1. The molecule has 1 atom stereocenters. The Morgan fingerprint density at radius 2 is 2.19 bits per heavy atom. The molecule has 0 fully saturated rings. The topological polar surface area (TPSA) is 60.2 Å². The van der Waals surface area contributed by atoms with Crippen molar-refractivity contribution in [2.75, 3.05) is 7.11 Å². The summed E-state index contributed by atoms with van der Waals surface area (Å²) in [4.78, 5) is 4.05. The molecular formula is C11H13N3O2. The van der Waals surface area contributed by atoms with Gasteiger partial charge in [0.15, 0.2) is 0 Å². The normalized spacial score (nSPS) is 12.4. The van der Waals surface area contributed by atoms with Gasteiger partial charge in [0.2, 0.25) is 5.88 Å².